The van der Waals surface area contributed by atoms with Gasteiger partial charge in [-0.1, -0.05) is 30.3 Å². The predicted molar refractivity (Wildman–Crippen MR) is 91.6 cm³/mol. The number of hydrogen-bond donors (Lipinski definition) is 0. The van der Waals surface area contributed by atoms with Crippen LogP contribution in [-0.2, 0) is 6.61 Å². The van der Waals surface area contributed by atoms with Crippen molar-refractivity contribution < 1.29 is 13.9 Å². The Morgan fingerprint density at radius 3 is 2.62 bits per heavy atom. The van der Waals surface area contributed by atoms with Gasteiger partial charge in [0.2, 0.25) is 0 Å². The molecule has 0 aliphatic heterocycles. The molecule has 0 saturated heterocycles. The largest absolute Gasteiger partial charge is 0.489 e. The van der Waals surface area contributed by atoms with Crippen molar-refractivity contribution in [1.82, 2.24) is 4.98 Å². The van der Waals surface area contributed by atoms with E-state index in [2.05, 4.69) is 4.98 Å². The molecule has 0 fully saturated rings. The van der Waals surface area contributed by atoms with E-state index in [0.29, 0.717) is 23.3 Å². The molecule has 5 heteroatoms. The summed E-state index contributed by atoms with van der Waals surface area (Å²) in [5.74, 6) is 0.650. The van der Waals surface area contributed by atoms with Gasteiger partial charge in [-0.3, -0.25) is 0 Å². The Morgan fingerprint density at radius 2 is 1.92 bits per heavy atom. The number of fused-ring (bicyclic) bond motifs is 1. The molecule has 0 spiro atoms. The Kier molecular flexibility index (Phi) is 4.51. The fraction of sp³-hybridized carbons (Fsp3) is 0.263. The third-order valence-electron chi connectivity index (χ3n) is 3.47. The molecule has 24 heavy (non-hydrogen) atoms. The van der Waals surface area contributed by atoms with Gasteiger partial charge in [0.15, 0.2) is 0 Å². The van der Waals surface area contributed by atoms with Gasteiger partial charge in [0, 0.05) is 6.07 Å². The maximum absolute atomic E-state index is 12.2. The lowest BCUT2D eigenvalue weighted by Gasteiger charge is -2.10. The van der Waals surface area contributed by atoms with Crippen molar-refractivity contribution in [1.29, 1.82) is 0 Å². The second-order valence-electron chi connectivity index (χ2n) is 5.84. The summed E-state index contributed by atoms with van der Waals surface area (Å²) in [6, 6.07) is 13.4. The lowest BCUT2D eigenvalue weighted by Crippen LogP contribution is -2.11. The van der Waals surface area contributed by atoms with E-state index >= 15 is 0 Å². The van der Waals surface area contributed by atoms with Gasteiger partial charge in [-0.15, -0.1) is 0 Å². The zero-order chi connectivity index (χ0) is 17.1. The standard InChI is InChI=1S/C19H19NO4/c1-12(2)23-19-20-16-10-15(9-13(3)17(16)18(21)24-19)22-11-14-7-5-4-6-8-14/h4-10,12H,11H2,1-3H3. The molecule has 0 atom stereocenters. The van der Waals surface area contributed by atoms with Crippen molar-refractivity contribution in [3.63, 3.8) is 0 Å². The number of aryl methyl sites for hydroxylation is 1. The second-order valence-corrected chi connectivity index (χ2v) is 5.84. The van der Waals surface area contributed by atoms with Crippen LogP contribution in [0.5, 0.6) is 11.8 Å². The highest BCUT2D eigenvalue weighted by molar-refractivity contribution is 5.82. The Morgan fingerprint density at radius 1 is 1.17 bits per heavy atom. The third kappa shape index (κ3) is 3.56. The molecule has 1 aromatic heterocycles. The topological polar surface area (TPSA) is 61.6 Å². The Bertz CT molecular complexity index is 900. The SMILES string of the molecule is Cc1cc(OCc2ccccc2)cc2nc(OC(C)C)oc(=O)c12. The van der Waals surface area contributed by atoms with Gasteiger partial charge in [-0.2, -0.15) is 4.98 Å². The summed E-state index contributed by atoms with van der Waals surface area (Å²) in [5.41, 5.74) is 1.88. The molecule has 3 aromatic rings. The van der Waals surface area contributed by atoms with Crippen LogP contribution in [0, 0.1) is 6.92 Å². The molecular weight excluding hydrogens is 306 g/mol. The van der Waals surface area contributed by atoms with Crippen LogP contribution in [0.4, 0.5) is 0 Å². The molecule has 0 amide bonds. The van der Waals surface area contributed by atoms with E-state index < -0.39 is 5.63 Å². The monoisotopic (exact) mass is 325 g/mol. The minimum Gasteiger partial charge on any atom is -0.489 e. The van der Waals surface area contributed by atoms with Crippen molar-refractivity contribution in [3.05, 3.63) is 64.0 Å². The predicted octanol–water partition coefficient (Wildman–Crippen LogP) is 3.86. The first-order valence-corrected chi connectivity index (χ1v) is 7.82. The average Bonchev–Trinajstić information content (AvgIpc) is 2.52. The molecule has 0 bridgehead atoms. The summed E-state index contributed by atoms with van der Waals surface area (Å²) in [5, 5.41) is 0.443. The van der Waals surface area contributed by atoms with Gasteiger partial charge in [0.1, 0.15) is 12.4 Å². The van der Waals surface area contributed by atoms with Crippen molar-refractivity contribution in [2.45, 2.75) is 33.5 Å². The van der Waals surface area contributed by atoms with Crippen LogP contribution < -0.4 is 15.1 Å². The fourth-order valence-electron chi connectivity index (χ4n) is 2.42. The summed E-state index contributed by atoms with van der Waals surface area (Å²) in [6.07, 6.45) is -0.154. The molecule has 2 aromatic carbocycles. The van der Waals surface area contributed by atoms with Crippen molar-refractivity contribution in [2.24, 2.45) is 0 Å². The van der Waals surface area contributed by atoms with E-state index in [1.165, 1.54) is 0 Å². The van der Waals surface area contributed by atoms with Gasteiger partial charge in [0.25, 0.3) is 0 Å². The molecule has 0 N–H and O–H groups in total. The quantitative estimate of drug-likeness (QED) is 0.713. The fourth-order valence-corrected chi connectivity index (χ4v) is 2.42. The minimum atomic E-state index is -0.456. The summed E-state index contributed by atoms with van der Waals surface area (Å²) in [4.78, 5) is 16.4. The van der Waals surface area contributed by atoms with E-state index in [9.17, 15) is 4.79 Å². The molecule has 0 saturated carbocycles. The number of ether oxygens (including phenoxy) is 2. The molecule has 0 aliphatic carbocycles. The van der Waals surface area contributed by atoms with Crippen LogP contribution in [0.3, 0.4) is 0 Å². The van der Waals surface area contributed by atoms with Crippen LogP contribution in [-0.4, -0.2) is 11.1 Å². The molecule has 0 aliphatic rings. The van der Waals surface area contributed by atoms with Gasteiger partial charge in [-0.25, -0.2) is 4.79 Å². The first kappa shape index (κ1) is 16.1. The first-order chi connectivity index (χ1) is 11.5. The Balaban J connectivity index is 1.94. The lowest BCUT2D eigenvalue weighted by atomic mass is 10.1. The number of benzene rings is 2. The van der Waals surface area contributed by atoms with E-state index in [0.717, 1.165) is 11.1 Å². The van der Waals surface area contributed by atoms with E-state index in [1.807, 2.05) is 57.2 Å². The molecule has 0 unspecified atom stereocenters. The van der Waals surface area contributed by atoms with Gasteiger partial charge in [0.05, 0.1) is 17.0 Å². The molecule has 1 heterocycles. The third-order valence-corrected chi connectivity index (χ3v) is 3.47. The van der Waals surface area contributed by atoms with Gasteiger partial charge < -0.3 is 13.9 Å². The smallest absolute Gasteiger partial charge is 0.397 e. The molecular formula is C19H19NO4. The summed E-state index contributed by atoms with van der Waals surface area (Å²) in [6.45, 7) is 5.97. The number of rotatable bonds is 5. The van der Waals surface area contributed by atoms with Crippen LogP contribution in [0.15, 0.2) is 51.7 Å². The van der Waals surface area contributed by atoms with Crippen LogP contribution in [0.2, 0.25) is 0 Å². The highest BCUT2D eigenvalue weighted by Crippen LogP contribution is 2.24. The van der Waals surface area contributed by atoms with E-state index in [4.69, 9.17) is 13.9 Å². The van der Waals surface area contributed by atoms with Crippen LogP contribution >= 0.6 is 0 Å². The van der Waals surface area contributed by atoms with Crippen LogP contribution in [0.25, 0.3) is 10.9 Å². The first-order valence-electron chi connectivity index (χ1n) is 7.82. The summed E-state index contributed by atoms with van der Waals surface area (Å²) < 4.78 is 16.3. The van der Waals surface area contributed by atoms with Gasteiger partial charge in [-0.05, 0) is 38.0 Å². The van der Waals surface area contributed by atoms with Crippen LogP contribution in [0.1, 0.15) is 25.0 Å². The number of hydrogen-bond acceptors (Lipinski definition) is 5. The molecule has 5 nitrogen and oxygen atoms in total. The second kappa shape index (κ2) is 6.74. The maximum Gasteiger partial charge on any atom is 0.397 e. The normalized spacial score (nSPS) is 11.0. The lowest BCUT2D eigenvalue weighted by molar-refractivity contribution is 0.166. The minimum absolute atomic E-state index is 0.0258. The highest BCUT2D eigenvalue weighted by atomic mass is 16.6. The molecule has 3 rings (SSSR count). The number of aromatic nitrogens is 1. The Hall–Kier alpha value is -2.82. The highest BCUT2D eigenvalue weighted by Gasteiger charge is 2.13. The van der Waals surface area contributed by atoms with Crippen molar-refractivity contribution >= 4 is 10.9 Å². The Labute approximate surface area is 139 Å². The molecule has 124 valence electrons. The van der Waals surface area contributed by atoms with Crippen molar-refractivity contribution in [3.8, 4) is 11.8 Å². The summed E-state index contributed by atoms with van der Waals surface area (Å²) in [7, 11) is 0. The summed E-state index contributed by atoms with van der Waals surface area (Å²) >= 11 is 0. The van der Waals surface area contributed by atoms with Crippen molar-refractivity contribution in [2.75, 3.05) is 0 Å². The van der Waals surface area contributed by atoms with Gasteiger partial charge >= 0.3 is 11.7 Å². The number of nitrogens with zero attached hydrogens (tertiary/aromatic N) is 1. The maximum atomic E-state index is 12.2. The van der Waals surface area contributed by atoms with E-state index in [-0.39, 0.29) is 12.2 Å². The zero-order valence-corrected chi connectivity index (χ0v) is 13.9. The van der Waals surface area contributed by atoms with E-state index in [1.54, 1.807) is 6.07 Å². The molecule has 0 radical (unpaired) electrons. The average molecular weight is 325 g/mol. The zero-order valence-electron chi connectivity index (χ0n) is 13.9.